The Morgan fingerprint density at radius 1 is 0.968 bits per heavy atom. The molecule has 1 aromatic carbocycles. The summed E-state index contributed by atoms with van der Waals surface area (Å²) in [6.45, 7) is 5.50. The second-order valence-corrected chi connectivity index (χ2v) is 8.75. The third-order valence-corrected chi connectivity index (χ3v) is 6.59. The van der Waals surface area contributed by atoms with Crippen molar-refractivity contribution in [3.05, 3.63) is 65.5 Å². The van der Waals surface area contributed by atoms with Crippen molar-refractivity contribution < 1.29 is 4.79 Å². The van der Waals surface area contributed by atoms with Gasteiger partial charge in [-0.2, -0.15) is 0 Å². The molecule has 3 heterocycles. The Bertz CT molecular complexity index is 825. The number of rotatable bonds is 6. The Labute approximate surface area is 198 Å². The third kappa shape index (κ3) is 6.66. The van der Waals surface area contributed by atoms with E-state index in [9.17, 15) is 4.79 Å². The second-order valence-electron chi connectivity index (χ2n) is 8.75. The number of hydrogen-bond donors (Lipinski definition) is 1. The Hall–Kier alpha value is -1.66. The topological polar surface area (TPSA) is 62.5 Å². The van der Waals surface area contributed by atoms with Crippen LogP contribution in [0.2, 0.25) is 0 Å². The van der Waals surface area contributed by atoms with Crippen LogP contribution in [0.3, 0.4) is 0 Å². The number of amides is 1. The lowest BCUT2D eigenvalue weighted by Crippen LogP contribution is -2.51. The van der Waals surface area contributed by atoms with E-state index in [1.54, 1.807) is 6.20 Å². The van der Waals surface area contributed by atoms with Gasteiger partial charge in [-0.3, -0.25) is 14.7 Å². The zero-order valence-electron chi connectivity index (χ0n) is 18.0. The number of pyridine rings is 1. The van der Waals surface area contributed by atoms with Crippen LogP contribution in [0.1, 0.15) is 42.4 Å². The van der Waals surface area contributed by atoms with Gasteiger partial charge in [-0.1, -0.05) is 30.3 Å². The molecule has 31 heavy (non-hydrogen) atoms. The number of nitrogens with zero attached hydrogens (tertiary/aromatic N) is 3. The first-order chi connectivity index (χ1) is 14.2. The Morgan fingerprint density at radius 2 is 1.71 bits per heavy atom. The van der Waals surface area contributed by atoms with Crippen LogP contribution in [0.15, 0.2) is 48.8 Å². The van der Waals surface area contributed by atoms with Crippen LogP contribution >= 0.6 is 24.8 Å². The molecule has 2 N–H and O–H groups in total. The van der Waals surface area contributed by atoms with Gasteiger partial charge in [0.2, 0.25) is 5.91 Å². The number of likely N-dealkylation sites (tertiary alicyclic amines) is 2. The molecule has 170 valence electrons. The van der Waals surface area contributed by atoms with Crippen molar-refractivity contribution in [2.45, 2.75) is 45.2 Å². The Morgan fingerprint density at radius 3 is 2.42 bits per heavy atom. The maximum Gasteiger partial charge on any atom is 0.222 e. The van der Waals surface area contributed by atoms with Gasteiger partial charge in [0.25, 0.3) is 0 Å². The molecular formula is C24H34Cl2N4O. The molecule has 7 heteroatoms. The molecule has 1 amide bonds. The van der Waals surface area contributed by atoms with Crippen LogP contribution < -0.4 is 5.73 Å². The fourth-order valence-electron chi connectivity index (χ4n) is 4.86. The summed E-state index contributed by atoms with van der Waals surface area (Å²) in [6.07, 6.45) is 8.66. The highest BCUT2D eigenvalue weighted by molar-refractivity contribution is 5.85. The van der Waals surface area contributed by atoms with Crippen molar-refractivity contribution in [1.82, 2.24) is 14.8 Å². The molecule has 2 fully saturated rings. The van der Waals surface area contributed by atoms with Crippen LogP contribution in [0.25, 0.3) is 0 Å². The molecule has 0 atom stereocenters. The number of piperidine rings is 2. The fraction of sp³-hybridized carbons (Fsp3) is 0.500. The van der Waals surface area contributed by atoms with Gasteiger partial charge in [0, 0.05) is 38.4 Å². The summed E-state index contributed by atoms with van der Waals surface area (Å²) in [6, 6.07) is 12.8. The Kier molecular flexibility index (Phi) is 9.76. The molecule has 0 radical (unpaired) electrons. The van der Waals surface area contributed by atoms with Crippen molar-refractivity contribution >= 4 is 30.7 Å². The summed E-state index contributed by atoms with van der Waals surface area (Å²) in [7, 11) is 0. The summed E-state index contributed by atoms with van der Waals surface area (Å²) in [5.41, 5.74) is 9.81. The SMILES string of the molecule is Cl.Cl.NCCc1cccc(CN2CCC3(CCC(=O)N(Cc4cccnc4)C3)CC2)c1. The van der Waals surface area contributed by atoms with E-state index in [2.05, 4.69) is 45.1 Å². The molecule has 4 rings (SSSR count). The minimum Gasteiger partial charge on any atom is -0.338 e. The first-order valence-corrected chi connectivity index (χ1v) is 10.8. The lowest BCUT2D eigenvalue weighted by molar-refractivity contribution is -0.140. The van der Waals surface area contributed by atoms with Crippen LogP contribution in [0, 0.1) is 5.41 Å². The first-order valence-electron chi connectivity index (χ1n) is 10.8. The maximum atomic E-state index is 12.5. The van der Waals surface area contributed by atoms with Crippen LogP contribution in [-0.2, 0) is 24.3 Å². The van der Waals surface area contributed by atoms with Crippen molar-refractivity contribution in [2.75, 3.05) is 26.2 Å². The molecule has 2 aromatic rings. The van der Waals surface area contributed by atoms with Crippen LogP contribution in [-0.4, -0.2) is 46.9 Å². The van der Waals surface area contributed by atoms with E-state index in [0.29, 0.717) is 25.4 Å². The predicted molar refractivity (Wildman–Crippen MR) is 130 cm³/mol. The van der Waals surface area contributed by atoms with Crippen molar-refractivity contribution in [2.24, 2.45) is 11.1 Å². The summed E-state index contributed by atoms with van der Waals surface area (Å²) < 4.78 is 0. The van der Waals surface area contributed by atoms with Crippen molar-refractivity contribution in [1.29, 1.82) is 0 Å². The summed E-state index contributed by atoms with van der Waals surface area (Å²) >= 11 is 0. The predicted octanol–water partition coefficient (Wildman–Crippen LogP) is 3.83. The van der Waals surface area contributed by atoms with Crippen molar-refractivity contribution in [3.8, 4) is 0 Å². The lowest BCUT2D eigenvalue weighted by Gasteiger charge is -2.47. The number of carbonyl (C=O) groups excluding carboxylic acids is 1. The van der Waals surface area contributed by atoms with E-state index in [4.69, 9.17) is 5.73 Å². The van der Waals surface area contributed by atoms with E-state index in [-0.39, 0.29) is 30.2 Å². The molecule has 2 aliphatic rings. The van der Waals surface area contributed by atoms with Gasteiger partial charge < -0.3 is 10.6 Å². The highest BCUT2D eigenvalue weighted by atomic mass is 35.5. The zero-order chi connectivity index (χ0) is 20.1. The van der Waals surface area contributed by atoms with Crippen LogP contribution in [0.4, 0.5) is 0 Å². The number of aromatic nitrogens is 1. The smallest absolute Gasteiger partial charge is 0.222 e. The van der Waals surface area contributed by atoms with Gasteiger partial charge in [-0.25, -0.2) is 0 Å². The molecule has 2 saturated heterocycles. The average Bonchev–Trinajstić information content (AvgIpc) is 2.74. The summed E-state index contributed by atoms with van der Waals surface area (Å²) in [5, 5.41) is 0. The lowest BCUT2D eigenvalue weighted by atomic mass is 9.72. The van der Waals surface area contributed by atoms with E-state index < -0.39 is 0 Å². The van der Waals surface area contributed by atoms with Gasteiger partial charge in [-0.05, 0) is 73.5 Å². The fourth-order valence-corrected chi connectivity index (χ4v) is 4.86. The zero-order valence-corrected chi connectivity index (χ0v) is 19.7. The average molecular weight is 465 g/mol. The molecule has 0 saturated carbocycles. The molecule has 0 unspecified atom stereocenters. The normalized spacial score (nSPS) is 18.4. The van der Waals surface area contributed by atoms with Gasteiger partial charge >= 0.3 is 0 Å². The highest BCUT2D eigenvalue weighted by Crippen LogP contribution is 2.40. The molecule has 1 spiro atoms. The molecule has 5 nitrogen and oxygen atoms in total. The van der Waals surface area contributed by atoms with Gasteiger partial charge in [0.1, 0.15) is 0 Å². The largest absolute Gasteiger partial charge is 0.338 e. The third-order valence-electron chi connectivity index (χ3n) is 6.59. The van der Waals surface area contributed by atoms with Gasteiger partial charge in [0.15, 0.2) is 0 Å². The molecular weight excluding hydrogens is 431 g/mol. The van der Waals surface area contributed by atoms with Gasteiger partial charge in [0.05, 0.1) is 0 Å². The minimum absolute atomic E-state index is 0. The maximum absolute atomic E-state index is 12.5. The first kappa shape index (κ1) is 25.6. The molecule has 1 aromatic heterocycles. The molecule has 2 aliphatic heterocycles. The number of benzene rings is 1. The number of carbonyl (C=O) groups is 1. The number of hydrogen-bond acceptors (Lipinski definition) is 4. The quantitative estimate of drug-likeness (QED) is 0.705. The minimum atomic E-state index is 0. The van der Waals surface area contributed by atoms with E-state index in [1.165, 1.54) is 24.0 Å². The van der Waals surface area contributed by atoms with Crippen molar-refractivity contribution in [3.63, 3.8) is 0 Å². The number of halogens is 2. The van der Waals surface area contributed by atoms with E-state index in [0.717, 1.165) is 44.6 Å². The van der Waals surface area contributed by atoms with E-state index in [1.807, 2.05) is 12.3 Å². The molecule has 0 bridgehead atoms. The molecule has 0 aliphatic carbocycles. The Balaban J connectivity index is 0.00000171. The highest BCUT2D eigenvalue weighted by Gasteiger charge is 2.40. The summed E-state index contributed by atoms with van der Waals surface area (Å²) in [5.74, 6) is 0.290. The van der Waals surface area contributed by atoms with Crippen LogP contribution in [0.5, 0.6) is 0 Å². The summed E-state index contributed by atoms with van der Waals surface area (Å²) in [4.78, 5) is 21.3. The number of nitrogens with two attached hydrogens (primary N) is 1. The monoisotopic (exact) mass is 464 g/mol. The van der Waals surface area contributed by atoms with Gasteiger partial charge in [-0.15, -0.1) is 24.8 Å². The van der Waals surface area contributed by atoms with E-state index >= 15 is 0 Å². The second kappa shape index (κ2) is 11.8. The standard InChI is InChI=1S/C24H32N4O.2ClH/c25-11-7-20-3-1-4-21(15-20)17-27-13-9-24(10-14-27)8-6-23(29)28(19-24)18-22-5-2-12-26-16-22;;/h1-5,12,15-16H,6-11,13-14,17-19,25H2;2*1H.